The van der Waals surface area contributed by atoms with Crippen LogP contribution in [0.25, 0.3) is 0 Å². The van der Waals surface area contributed by atoms with Crippen molar-refractivity contribution in [2.24, 2.45) is 23.7 Å². The number of rotatable bonds is 4. The SMILES string of the molecule is O=C(CN1C(=O)C2C3C=CC(C3)C2C1=O)NC1CCC(c2ccccc2)CC1. The summed E-state index contributed by atoms with van der Waals surface area (Å²) in [5, 5.41) is 3.06. The van der Waals surface area contributed by atoms with Crippen LogP contribution < -0.4 is 5.32 Å². The van der Waals surface area contributed by atoms with Crippen molar-refractivity contribution < 1.29 is 14.4 Å². The van der Waals surface area contributed by atoms with Gasteiger partial charge in [0.1, 0.15) is 6.54 Å². The second-order valence-corrected chi connectivity index (χ2v) is 8.79. The number of carbonyl (C=O) groups is 3. The molecule has 3 aliphatic carbocycles. The Balaban J connectivity index is 1.15. The van der Waals surface area contributed by atoms with E-state index in [-0.39, 0.29) is 54.0 Å². The lowest BCUT2D eigenvalue weighted by Gasteiger charge is -2.30. The summed E-state index contributed by atoms with van der Waals surface area (Å²) in [6.45, 7) is -0.122. The standard InChI is InChI=1S/C23H26N2O3/c26-19(24-18-10-8-15(9-11-18)14-4-2-1-3-5-14)13-25-22(27)20-16-6-7-17(12-16)21(20)23(25)28/h1-7,15-18,20-21H,8-13H2,(H,24,26). The monoisotopic (exact) mass is 378 g/mol. The van der Waals surface area contributed by atoms with Gasteiger partial charge in [0, 0.05) is 6.04 Å². The lowest BCUT2D eigenvalue weighted by molar-refractivity contribution is -0.144. The van der Waals surface area contributed by atoms with Gasteiger partial charge < -0.3 is 5.32 Å². The van der Waals surface area contributed by atoms with Crippen LogP contribution in [0.2, 0.25) is 0 Å². The second-order valence-electron chi connectivity index (χ2n) is 8.79. The first-order chi connectivity index (χ1) is 13.6. The number of amides is 3. The van der Waals surface area contributed by atoms with Crippen molar-refractivity contribution >= 4 is 17.7 Å². The van der Waals surface area contributed by atoms with E-state index in [0.717, 1.165) is 32.1 Å². The number of carbonyl (C=O) groups excluding carboxylic acids is 3. The van der Waals surface area contributed by atoms with Gasteiger partial charge in [0.2, 0.25) is 17.7 Å². The Labute approximate surface area is 165 Å². The Kier molecular flexibility index (Phi) is 4.33. The van der Waals surface area contributed by atoms with Gasteiger partial charge in [-0.15, -0.1) is 0 Å². The number of nitrogens with one attached hydrogen (secondary N) is 1. The van der Waals surface area contributed by atoms with Crippen LogP contribution in [0.1, 0.15) is 43.6 Å². The van der Waals surface area contributed by atoms with E-state index in [4.69, 9.17) is 0 Å². The van der Waals surface area contributed by atoms with Crippen LogP contribution in [0.15, 0.2) is 42.5 Å². The van der Waals surface area contributed by atoms with E-state index < -0.39 is 0 Å². The zero-order chi connectivity index (χ0) is 19.3. The molecule has 5 heteroatoms. The first-order valence-corrected chi connectivity index (χ1v) is 10.5. The van der Waals surface area contributed by atoms with Crippen LogP contribution in [0.3, 0.4) is 0 Å². The van der Waals surface area contributed by atoms with Gasteiger partial charge in [-0.05, 0) is 55.4 Å². The van der Waals surface area contributed by atoms with Crippen LogP contribution in [0.5, 0.6) is 0 Å². The number of benzene rings is 1. The summed E-state index contributed by atoms with van der Waals surface area (Å²) in [6.07, 6.45) is 9.04. The molecule has 1 saturated heterocycles. The molecular formula is C23H26N2O3. The highest BCUT2D eigenvalue weighted by Gasteiger charge is 2.59. The van der Waals surface area contributed by atoms with E-state index in [1.165, 1.54) is 10.5 Å². The minimum atomic E-state index is -0.225. The molecule has 5 rings (SSSR count). The van der Waals surface area contributed by atoms with Crippen LogP contribution in [-0.4, -0.2) is 35.2 Å². The predicted octanol–water partition coefficient (Wildman–Crippen LogP) is 2.64. The van der Waals surface area contributed by atoms with Crippen molar-refractivity contribution in [1.82, 2.24) is 10.2 Å². The van der Waals surface area contributed by atoms with E-state index in [1.54, 1.807) is 0 Å². The van der Waals surface area contributed by atoms with E-state index in [9.17, 15) is 14.4 Å². The zero-order valence-electron chi connectivity index (χ0n) is 15.9. The minimum Gasteiger partial charge on any atom is -0.352 e. The summed E-state index contributed by atoms with van der Waals surface area (Å²) in [4.78, 5) is 39.2. The molecule has 0 radical (unpaired) electrons. The van der Waals surface area contributed by atoms with Crippen LogP contribution >= 0.6 is 0 Å². The third-order valence-corrected chi connectivity index (χ3v) is 7.23. The number of hydrogen-bond donors (Lipinski definition) is 1. The summed E-state index contributed by atoms with van der Waals surface area (Å²) in [7, 11) is 0. The largest absolute Gasteiger partial charge is 0.352 e. The molecule has 0 spiro atoms. The molecule has 1 aromatic rings. The molecule has 1 N–H and O–H groups in total. The smallest absolute Gasteiger partial charge is 0.240 e. The van der Waals surface area contributed by atoms with Gasteiger partial charge in [-0.25, -0.2) is 0 Å². The van der Waals surface area contributed by atoms with Gasteiger partial charge in [-0.3, -0.25) is 19.3 Å². The highest BCUT2D eigenvalue weighted by atomic mass is 16.2. The lowest BCUT2D eigenvalue weighted by atomic mass is 9.82. The van der Waals surface area contributed by atoms with Gasteiger partial charge in [0.25, 0.3) is 0 Å². The van der Waals surface area contributed by atoms with Crippen molar-refractivity contribution in [1.29, 1.82) is 0 Å². The van der Waals surface area contributed by atoms with Gasteiger partial charge in [0.05, 0.1) is 11.8 Å². The summed E-state index contributed by atoms with van der Waals surface area (Å²) < 4.78 is 0. The number of likely N-dealkylation sites (tertiary alicyclic amines) is 1. The summed E-state index contributed by atoms with van der Waals surface area (Å²) in [5.41, 5.74) is 1.37. The fourth-order valence-electron chi connectivity index (χ4n) is 5.83. The molecule has 0 aromatic heterocycles. The Morgan fingerprint density at radius 1 is 0.929 bits per heavy atom. The second kappa shape index (κ2) is 6.87. The molecule has 5 nitrogen and oxygen atoms in total. The van der Waals surface area contributed by atoms with Gasteiger partial charge in [0.15, 0.2) is 0 Å². The molecule has 4 atom stereocenters. The minimum absolute atomic E-state index is 0.122. The number of allylic oxidation sites excluding steroid dienone is 2. The van der Waals surface area contributed by atoms with Crippen molar-refractivity contribution in [2.75, 3.05) is 6.54 Å². The Morgan fingerprint density at radius 3 is 2.14 bits per heavy atom. The van der Waals surface area contributed by atoms with Crippen LogP contribution in [0, 0.1) is 23.7 Å². The number of imide groups is 1. The molecule has 3 amide bonds. The fourth-order valence-corrected chi connectivity index (χ4v) is 5.83. The van der Waals surface area contributed by atoms with Crippen LogP contribution in [0.4, 0.5) is 0 Å². The number of fused-ring (bicyclic) bond motifs is 5. The van der Waals surface area contributed by atoms with Gasteiger partial charge in [-0.2, -0.15) is 0 Å². The molecule has 1 aromatic carbocycles. The first kappa shape index (κ1) is 17.7. The summed E-state index contributed by atoms with van der Waals surface area (Å²) in [5.74, 6) is -0.0121. The van der Waals surface area contributed by atoms with Crippen molar-refractivity contribution in [3.05, 3.63) is 48.0 Å². The fraction of sp³-hybridized carbons (Fsp3) is 0.522. The van der Waals surface area contributed by atoms with Crippen LogP contribution in [-0.2, 0) is 14.4 Å². The third-order valence-electron chi connectivity index (χ3n) is 7.23. The van der Waals surface area contributed by atoms with Crippen molar-refractivity contribution in [2.45, 2.75) is 44.1 Å². The van der Waals surface area contributed by atoms with Gasteiger partial charge in [-0.1, -0.05) is 42.5 Å². The molecule has 2 saturated carbocycles. The molecule has 2 bridgehead atoms. The molecule has 1 aliphatic heterocycles. The van der Waals surface area contributed by atoms with E-state index in [1.807, 2.05) is 6.07 Å². The number of nitrogens with zero attached hydrogens (tertiary/aromatic N) is 1. The number of hydrogen-bond acceptors (Lipinski definition) is 3. The molecule has 28 heavy (non-hydrogen) atoms. The first-order valence-electron chi connectivity index (χ1n) is 10.5. The molecule has 4 unspecified atom stereocenters. The molecule has 146 valence electrons. The highest BCUT2D eigenvalue weighted by Crippen LogP contribution is 2.52. The molecule has 4 aliphatic rings. The van der Waals surface area contributed by atoms with E-state index in [0.29, 0.717) is 5.92 Å². The Morgan fingerprint density at radius 2 is 1.54 bits per heavy atom. The molecule has 1 heterocycles. The third kappa shape index (κ3) is 2.88. The Hall–Kier alpha value is -2.43. The topological polar surface area (TPSA) is 66.5 Å². The summed E-state index contributed by atoms with van der Waals surface area (Å²) in [6, 6.07) is 10.7. The zero-order valence-corrected chi connectivity index (χ0v) is 15.9. The molecular weight excluding hydrogens is 352 g/mol. The lowest BCUT2D eigenvalue weighted by Crippen LogP contribution is -2.45. The van der Waals surface area contributed by atoms with E-state index >= 15 is 0 Å². The average molecular weight is 378 g/mol. The Bertz CT molecular complexity index is 796. The predicted molar refractivity (Wildman–Crippen MR) is 104 cm³/mol. The van der Waals surface area contributed by atoms with E-state index in [2.05, 4.69) is 41.7 Å². The average Bonchev–Trinajstić information content (AvgIpc) is 3.39. The summed E-state index contributed by atoms with van der Waals surface area (Å²) >= 11 is 0. The maximum Gasteiger partial charge on any atom is 0.240 e. The maximum absolute atomic E-state index is 12.7. The maximum atomic E-state index is 12.7. The van der Waals surface area contributed by atoms with Crippen molar-refractivity contribution in [3.63, 3.8) is 0 Å². The highest BCUT2D eigenvalue weighted by molar-refractivity contribution is 6.08. The van der Waals surface area contributed by atoms with Crippen molar-refractivity contribution in [3.8, 4) is 0 Å². The quantitative estimate of drug-likeness (QED) is 0.647. The normalized spacial score (nSPS) is 36.1. The van der Waals surface area contributed by atoms with Gasteiger partial charge >= 0.3 is 0 Å². The molecule has 3 fully saturated rings.